The fraction of sp³-hybridized carbons (Fsp3) is 0.154. The molecule has 2 aromatic rings. The summed E-state index contributed by atoms with van der Waals surface area (Å²) in [5.74, 6) is 1.20. The normalized spacial score (nSPS) is 11.1. The maximum atomic E-state index is 13.0. The SMILES string of the molecule is C#CCNC(=O)c1cc2cnccc2nc1C(F)(F)F. The summed E-state index contributed by atoms with van der Waals surface area (Å²) in [7, 11) is 0. The molecule has 2 heterocycles. The molecule has 4 nitrogen and oxygen atoms in total. The van der Waals surface area contributed by atoms with Crippen LogP contribution < -0.4 is 5.32 Å². The Morgan fingerprint density at radius 2 is 2.20 bits per heavy atom. The molecule has 0 saturated carbocycles. The van der Waals surface area contributed by atoms with E-state index in [1.165, 1.54) is 18.5 Å². The van der Waals surface area contributed by atoms with Crippen LogP contribution in [0.25, 0.3) is 10.9 Å². The second kappa shape index (κ2) is 5.17. The first-order valence-corrected chi connectivity index (χ1v) is 5.47. The smallest absolute Gasteiger partial charge is 0.341 e. The van der Waals surface area contributed by atoms with Gasteiger partial charge in [0.15, 0.2) is 5.69 Å². The number of carbonyl (C=O) groups is 1. The zero-order valence-corrected chi connectivity index (χ0v) is 10.0. The Bertz CT molecular complexity index is 704. The summed E-state index contributed by atoms with van der Waals surface area (Å²) in [4.78, 5) is 19.0. The molecule has 20 heavy (non-hydrogen) atoms. The van der Waals surface area contributed by atoms with Crippen LogP contribution in [0.5, 0.6) is 0 Å². The largest absolute Gasteiger partial charge is 0.434 e. The molecule has 1 N–H and O–H groups in total. The van der Waals surface area contributed by atoms with E-state index in [1.54, 1.807) is 0 Å². The van der Waals surface area contributed by atoms with E-state index in [2.05, 4.69) is 21.2 Å². The predicted molar refractivity (Wildman–Crippen MR) is 65.7 cm³/mol. The molecule has 2 aromatic heterocycles. The molecule has 0 radical (unpaired) electrons. The van der Waals surface area contributed by atoms with Gasteiger partial charge in [0.2, 0.25) is 0 Å². The lowest BCUT2D eigenvalue weighted by Crippen LogP contribution is -2.27. The summed E-state index contributed by atoms with van der Waals surface area (Å²) in [6.07, 6.45) is 2.88. The highest BCUT2D eigenvalue weighted by Gasteiger charge is 2.37. The van der Waals surface area contributed by atoms with Gasteiger partial charge < -0.3 is 5.32 Å². The van der Waals surface area contributed by atoms with Crippen LogP contribution in [-0.4, -0.2) is 22.4 Å². The third-order valence-corrected chi connectivity index (χ3v) is 2.48. The Morgan fingerprint density at radius 3 is 2.85 bits per heavy atom. The molecule has 0 aromatic carbocycles. The number of aromatic nitrogens is 2. The molecule has 0 unspecified atom stereocenters. The van der Waals surface area contributed by atoms with E-state index in [4.69, 9.17) is 6.42 Å². The number of terminal acetylenes is 1. The van der Waals surface area contributed by atoms with Crippen molar-refractivity contribution in [1.82, 2.24) is 15.3 Å². The third-order valence-electron chi connectivity index (χ3n) is 2.48. The number of nitrogens with one attached hydrogen (secondary N) is 1. The summed E-state index contributed by atoms with van der Waals surface area (Å²) in [5.41, 5.74) is -1.71. The molecular formula is C13H8F3N3O. The molecule has 0 aliphatic carbocycles. The molecule has 0 aliphatic rings. The lowest BCUT2D eigenvalue weighted by atomic mass is 10.1. The Kier molecular flexibility index (Phi) is 3.57. The van der Waals surface area contributed by atoms with E-state index in [0.29, 0.717) is 5.39 Å². The average Bonchev–Trinajstić information content (AvgIpc) is 2.42. The molecule has 0 aliphatic heterocycles. The number of hydrogen-bond donors (Lipinski definition) is 1. The predicted octanol–water partition coefficient (Wildman–Crippen LogP) is 2.01. The van der Waals surface area contributed by atoms with Gasteiger partial charge in [0.05, 0.1) is 17.6 Å². The van der Waals surface area contributed by atoms with Crippen LogP contribution in [0.15, 0.2) is 24.5 Å². The fourth-order valence-electron chi connectivity index (χ4n) is 1.63. The van der Waals surface area contributed by atoms with Crippen LogP contribution >= 0.6 is 0 Å². The van der Waals surface area contributed by atoms with E-state index < -0.39 is 23.3 Å². The van der Waals surface area contributed by atoms with Crippen LogP contribution in [0.4, 0.5) is 13.2 Å². The zero-order chi connectivity index (χ0) is 14.8. The molecule has 1 amide bonds. The van der Waals surface area contributed by atoms with Crippen molar-refractivity contribution >= 4 is 16.8 Å². The van der Waals surface area contributed by atoms with Gasteiger partial charge in [-0.2, -0.15) is 13.2 Å². The van der Waals surface area contributed by atoms with Crippen LogP contribution in [0.3, 0.4) is 0 Å². The van der Waals surface area contributed by atoms with Crippen molar-refractivity contribution in [3.8, 4) is 12.3 Å². The number of fused-ring (bicyclic) bond motifs is 1. The maximum Gasteiger partial charge on any atom is 0.434 e. The van der Waals surface area contributed by atoms with Gasteiger partial charge >= 0.3 is 6.18 Å². The van der Waals surface area contributed by atoms with E-state index in [9.17, 15) is 18.0 Å². The van der Waals surface area contributed by atoms with Gasteiger partial charge in [0, 0.05) is 17.8 Å². The van der Waals surface area contributed by atoms with Gasteiger partial charge in [0.1, 0.15) is 0 Å². The number of rotatable bonds is 2. The Hall–Kier alpha value is -2.62. The number of halogens is 3. The first-order chi connectivity index (χ1) is 9.43. The number of alkyl halides is 3. The van der Waals surface area contributed by atoms with Gasteiger partial charge in [-0.1, -0.05) is 5.92 Å². The highest BCUT2D eigenvalue weighted by molar-refractivity contribution is 5.98. The second-order valence-electron chi connectivity index (χ2n) is 3.84. The molecule has 0 bridgehead atoms. The van der Waals surface area contributed by atoms with Crippen molar-refractivity contribution in [2.45, 2.75) is 6.18 Å². The Morgan fingerprint density at radius 1 is 1.45 bits per heavy atom. The molecule has 0 saturated heterocycles. The third kappa shape index (κ3) is 2.69. The fourth-order valence-corrected chi connectivity index (χ4v) is 1.63. The van der Waals surface area contributed by atoms with Crippen molar-refractivity contribution < 1.29 is 18.0 Å². The van der Waals surface area contributed by atoms with Crippen LogP contribution in [0.1, 0.15) is 16.1 Å². The van der Waals surface area contributed by atoms with Gasteiger partial charge in [-0.05, 0) is 12.1 Å². The Balaban J connectivity index is 2.61. The summed E-state index contributed by atoms with van der Waals surface area (Å²) in [6, 6.07) is 2.44. The zero-order valence-electron chi connectivity index (χ0n) is 10.0. The minimum absolute atomic E-state index is 0.112. The topological polar surface area (TPSA) is 54.9 Å². The number of nitrogens with zero attached hydrogens (tertiary/aromatic N) is 2. The second-order valence-corrected chi connectivity index (χ2v) is 3.84. The highest BCUT2D eigenvalue weighted by atomic mass is 19.4. The van der Waals surface area contributed by atoms with Crippen molar-refractivity contribution in [2.24, 2.45) is 0 Å². The van der Waals surface area contributed by atoms with Gasteiger partial charge in [-0.15, -0.1) is 6.42 Å². The average molecular weight is 279 g/mol. The standard InChI is InChI=1S/C13H8F3N3O/c1-2-4-18-12(20)9-6-8-7-17-5-3-10(8)19-11(9)13(14,15)16/h1,3,5-7H,4H2,(H,18,20). The maximum absolute atomic E-state index is 13.0. The summed E-state index contributed by atoms with van der Waals surface area (Å²) >= 11 is 0. The number of hydrogen-bond acceptors (Lipinski definition) is 3. The van der Waals surface area contributed by atoms with E-state index in [0.717, 1.165) is 6.07 Å². The molecule has 0 spiro atoms. The molecule has 0 atom stereocenters. The quantitative estimate of drug-likeness (QED) is 0.856. The van der Waals surface area contributed by atoms with Crippen LogP contribution in [0.2, 0.25) is 0 Å². The van der Waals surface area contributed by atoms with E-state index in [-0.39, 0.29) is 12.1 Å². The first-order valence-electron chi connectivity index (χ1n) is 5.47. The minimum atomic E-state index is -4.74. The van der Waals surface area contributed by atoms with Crippen molar-refractivity contribution in [3.63, 3.8) is 0 Å². The molecule has 0 fully saturated rings. The molecular weight excluding hydrogens is 271 g/mol. The van der Waals surface area contributed by atoms with Crippen LogP contribution in [0, 0.1) is 12.3 Å². The van der Waals surface area contributed by atoms with Crippen molar-refractivity contribution in [3.05, 3.63) is 35.8 Å². The minimum Gasteiger partial charge on any atom is -0.341 e. The van der Waals surface area contributed by atoms with Crippen LogP contribution in [-0.2, 0) is 6.18 Å². The summed E-state index contributed by atoms with van der Waals surface area (Å²) < 4.78 is 38.9. The number of amides is 1. The number of carbonyl (C=O) groups excluding carboxylic acids is 1. The Labute approximate surface area is 112 Å². The van der Waals surface area contributed by atoms with Gasteiger partial charge in [-0.25, -0.2) is 4.98 Å². The lowest BCUT2D eigenvalue weighted by molar-refractivity contribution is -0.141. The number of pyridine rings is 2. The van der Waals surface area contributed by atoms with E-state index >= 15 is 0 Å². The summed E-state index contributed by atoms with van der Waals surface area (Å²) in [6.45, 7) is -0.165. The summed E-state index contributed by atoms with van der Waals surface area (Å²) in [5, 5.41) is 2.53. The molecule has 102 valence electrons. The lowest BCUT2D eigenvalue weighted by Gasteiger charge is -2.12. The monoisotopic (exact) mass is 279 g/mol. The van der Waals surface area contributed by atoms with Crippen molar-refractivity contribution in [1.29, 1.82) is 0 Å². The van der Waals surface area contributed by atoms with E-state index in [1.807, 2.05) is 0 Å². The first kappa shape index (κ1) is 13.8. The molecule has 2 rings (SSSR count). The van der Waals surface area contributed by atoms with Crippen molar-refractivity contribution in [2.75, 3.05) is 6.54 Å². The highest BCUT2D eigenvalue weighted by Crippen LogP contribution is 2.32. The van der Waals surface area contributed by atoms with Gasteiger partial charge in [-0.3, -0.25) is 9.78 Å². The molecule has 7 heteroatoms. The van der Waals surface area contributed by atoms with Gasteiger partial charge in [0.25, 0.3) is 5.91 Å².